The largest absolute Gasteiger partial charge is 0.365 e. The van der Waals surface area contributed by atoms with Crippen LogP contribution in [0.5, 0.6) is 0 Å². The smallest absolute Gasteiger partial charge is 0.258 e. The summed E-state index contributed by atoms with van der Waals surface area (Å²) in [4.78, 5) is 25.7. The molecule has 0 bridgehead atoms. The zero-order valence-electron chi connectivity index (χ0n) is 11.2. The van der Waals surface area contributed by atoms with E-state index >= 15 is 0 Å². The number of anilines is 1. The second-order valence-corrected chi connectivity index (χ2v) is 7.01. The molecule has 1 aromatic carbocycles. The van der Waals surface area contributed by atoms with Crippen molar-refractivity contribution in [1.29, 1.82) is 0 Å². The predicted octanol–water partition coefficient (Wildman–Crippen LogP) is 2.53. The molecule has 1 aliphatic heterocycles. The summed E-state index contributed by atoms with van der Waals surface area (Å²) in [5, 5.41) is 0. The number of benzene rings is 1. The molecule has 1 aromatic heterocycles. The Morgan fingerprint density at radius 1 is 1.29 bits per heavy atom. The molecule has 0 radical (unpaired) electrons. The van der Waals surface area contributed by atoms with Crippen LogP contribution in [-0.2, 0) is 11.2 Å². The quantitative estimate of drug-likeness (QED) is 0.942. The third-order valence-corrected chi connectivity index (χ3v) is 5.71. The number of fused-ring (bicyclic) bond motifs is 1. The van der Waals surface area contributed by atoms with Crippen LogP contribution in [0.25, 0.3) is 0 Å². The van der Waals surface area contributed by atoms with Crippen LogP contribution in [0.3, 0.4) is 0 Å². The van der Waals surface area contributed by atoms with Gasteiger partial charge in [-0.3, -0.25) is 9.59 Å². The first kappa shape index (κ1) is 14.2. The molecule has 0 unspecified atom stereocenters. The molecule has 2 amide bonds. The Morgan fingerprint density at radius 2 is 2.05 bits per heavy atom. The maximum Gasteiger partial charge on any atom is 0.258 e. The Morgan fingerprint density at radius 3 is 2.76 bits per heavy atom. The molecule has 0 atom stereocenters. The highest BCUT2D eigenvalue weighted by atomic mass is 32.2. The van der Waals surface area contributed by atoms with Gasteiger partial charge in [0.05, 0.1) is 20.5 Å². The van der Waals surface area contributed by atoms with Crippen molar-refractivity contribution in [1.82, 2.24) is 0 Å². The van der Waals surface area contributed by atoms with E-state index in [2.05, 4.69) is 0 Å². The van der Waals surface area contributed by atoms with E-state index in [9.17, 15) is 9.59 Å². The number of amides is 2. The second kappa shape index (κ2) is 5.91. The number of carbonyl (C=O) groups excluding carboxylic acids is 2. The minimum absolute atomic E-state index is 0.0808. The molecule has 4 nitrogen and oxygen atoms in total. The molecular formula is C15H14N2O2S2. The zero-order chi connectivity index (χ0) is 14.8. The van der Waals surface area contributed by atoms with E-state index in [1.165, 1.54) is 28.7 Å². The summed E-state index contributed by atoms with van der Waals surface area (Å²) in [7, 11) is 0. The van der Waals surface area contributed by atoms with Gasteiger partial charge in [-0.05, 0) is 18.1 Å². The van der Waals surface area contributed by atoms with Crippen molar-refractivity contribution in [2.75, 3.05) is 17.2 Å². The molecule has 0 saturated heterocycles. The van der Waals surface area contributed by atoms with Gasteiger partial charge in [-0.25, -0.2) is 0 Å². The fraction of sp³-hybridized carbons (Fsp3) is 0.200. The van der Waals surface area contributed by atoms with E-state index in [0.29, 0.717) is 17.2 Å². The van der Waals surface area contributed by atoms with Gasteiger partial charge in [-0.1, -0.05) is 30.3 Å². The fourth-order valence-electron chi connectivity index (χ4n) is 2.25. The highest BCUT2D eigenvalue weighted by molar-refractivity contribution is 8.02. The van der Waals surface area contributed by atoms with E-state index in [0.717, 1.165) is 16.3 Å². The van der Waals surface area contributed by atoms with Crippen LogP contribution >= 0.6 is 23.1 Å². The Labute approximate surface area is 130 Å². The SMILES string of the molecule is NC(=O)c1cc2c(s1)SCC(=O)N2CCc1ccccc1. The third kappa shape index (κ3) is 2.96. The minimum atomic E-state index is -0.439. The summed E-state index contributed by atoms with van der Waals surface area (Å²) in [6.45, 7) is 0.616. The number of nitrogens with two attached hydrogens (primary N) is 1. The minimum Gasteiger partial charge on any atom is -0.365 e. The number of thioether (sulfide) groups is 1. The number of thiophene rings is 1. The molecule has 108 valence electrons. The van der Waals surface area contributed by atoms with Crippen molar-refractivity contribution >= 4 is 40.6 Å². The van der Waals surface area contributed by atoms with E-state index in [-0.39, 0.29) is 5.91 Å². The molecule has 0 saturated carbocycles. The number of hydrogen-bond acceptors (Lipinski definition) is 4. The molecule has 3 rings (SSSR count). The van der Waals surface area contributed by atoms with E-state index in [1.807, 2.05) is 30.3 Å². The lowest BCUT2D eigenvalue weighted by atomic mass is 10.1. The van der Waals surface area contributed by atoms with Crippen LogP contribution in [0.4, 0.5) is 5.69 Å². The number of primary amides is 1. The standard InChI is InChI=1S/C15H14N2O2S2/c16-14(19)12-8-11-15(21-12)20-9-13(18)17(11)7-6-10-4-2-1-3-5-10/h1-5,8H,6-7,9H2,(H2,16,19). The first-order chi connectivity index (χ1) is 10.1. The van der Waals surface area contributed by atoms with E-state index in [4.69, 9.17) is 5.73 Å². The maximum absolute atomic E-state index is 12.2. The van der Waals surface area contributed by atoms with Crippen LogP contribution in [0, 0.1) is 0 Å². The predicted molar refractivity (Wildman–Crippen MR) is 86.1 cm³/mol. The van der Waals surface area contributed by atoms with Crippen LogP contribution in [0.15, 0.2) is 40.6 Å². The maximum atomic E-state index is 12.2. The van der Waals surface area contributed by atoms with Crippen LogP contribution in [0.2, 0.25) is 0 Å². The average Bonchev–Trinajstić information content (AvgIpc) is 2.92. The van der Waals surface area contributed by atoms with E-state index < -0.39 is 5.91 Å². The first-order valence-electron chi connectivity index (χ1n) is 6.56. The summed E-state index contributed by atoms with van der Waals surface area (Å²) >= 11 is 2.85. The van der Waals surface area contributed by atoms with Crippen molar-refractivity contribution in [3.05, 3.63) is 46.8 Å². The molecular weight excluding hydrogens is 304 g/mol. The Hall–Kier alpha value is -1.79. The van der Waals surface area contributed by atoms with Gasteiger partial charge in [0.25, 0.3) is 5.91 Å². The van der Waals surface area contributed by atoms with Crippen LogP contribution < -0.4 is 10.6 Å². The van der Waals surface area contributed by atoms with Crippen molar-refractivity contribution in [2.24, 2.45) is 5.73 Å². The Kier molecular flexibility index (Phi) is 3.98. The lowest BCUT2D eigenvalue weighted by Crippen LogP contribution is -2.36. The van der Waals surface area contributed by atoms with Gasteiger partial charge in [0.1, 0.15) is 0 Å². The van der Waals surface area contributed by atoms with Gasteiger partial charge in [0, 0.05) is 6.54 Å². The highest BCUT2D eigenvalue weighted by Gasteiger charge is 2.27. The fourth-order valence-corrected chi connectivity index (χ4v) is 4.40. The lowest BCUT2D eigenvalue weighted by molar-refractivity contribution is -0.116. The van der Waals surface area contributed by atoms with Gasteiger partial charge in [0.2, 0.25) is 5.91 Å². The summed E-state index contributed by atoms with van der Waals surface area (Å²) in [5.74, 6) is 0.0586. The summed E-state index contributed by atoms with van der Waals surface area (Å²) in [6, 6.07) is 11.8. The molecule has 2 N–H and O–H groups in total. The number of rotatable bonds is 4. The van der Waals surface area contributed by atoms with E-state index in [1.54, 1.807) is 11.0 Å². The lowest BCUT2D eigenvalue weighted by Gasteiger charge is -2.26. The number of carbonyl (C=O) groups is 2. The molecule has 21 heavy (non-hydrogen) atoms. The monoisotopic (exact) mass is 318 g/mol. The molecule has 0 aliphatic carbocycles. The van der Waals surface area contributed by atoms with Gasteiger partial charge >= 0.3 is 0 Å². The molecule has 0 fully saturated rings. The summed E-state index contributed by atoms with van der Waals surface area (Å²) in [5.41, 5.74) is 7.34. The molecule has 2 aromatic rings. The zero-order valence-corrected chi connectivity index (χ0v) is 12.9. The van der Waals surface area contributed by atoms with Gasteiger partial charge < -0.3 is 10.6 Å². The Bertz CT molecular complexity index is 682. The third-order valence-electron chi connectivity index (χ3n) is 3.31. The van der Waals surface area contributed by atoms with Crippen LogP contribution in [-0.4, -0.2) is 24.1 Å². The van der Waals surface area contributed by atoms with Crippen molar-refractivity contribution < 1.29 is 9.59 Å². The van der Waals surface area contributed by atoms with Crippen LogP contribution in [0.1, 0.15) is 15.2 Å². The molecule has 2 heterocycles. The van der Waals surface area contributed by atoms with Crippen molar-refractivity contribution in [3.8, 4) is 0 Å². The molecule has 0 spiro atoms. The topological polar surface area (TPSA) is 63.4 Å². The molecule has 1 aliphatic rings. The summed E-state index contributed by atoms with van der Waals surface area (Å²) < 4.78 is 0.997. The number of hydrogen-bond donors (Lipinski definition) is 1. The summed E-state index contributed by atoms with van der Waals surface area (Å²) in [6.07, 6.45) is 0.790. The highest BCUT2D eigenvalue weighted by Crippen LogP contribution is 2.41. The Balaban J connectivity index is 1.82. The molecule has 6 heteroatoms. The van der Waals surface area contributed by atoms with Crippen molar-refractivity contribution in [2.45, 2.75) is 10.6 Å². The first-order valence-corrected chi connectivity index (χ1v) is 8.36. The average molecular weight is 318 g/mol. The van der Waals surface area contributed by atoms with Gasteiger partial charge in [-0.2, -0.15) is 0 Å². The number of nitrogens with zero attached hydrogens (tertiary/aromatic N) is 1. The van der Waals surface area contributed by atoms with Gasteiger partial charge in [-0.15, -0.1) is 23.1 Å². The normalized spacial score (nSPS) is 14.1. The van der Waals surface area contributed by atoms with Crippen molar-refractivity contribution in [3.63, 3.8) is 0 Å². The van der Waals surface area contributed by atoms with Gasteiger partial charge in [0.15, 0.2) is 0 Å². The second-order valence-electron chi connectivity index (χ2n) is 4.72.